The SMILES string of the molecule is O=C(c1ccc2c(c1)CCOC2)N1CCN(S(=O)(=O)c2ccccc2Cl)CC1. The number of sulfonamides is 1. The molecule has 0 N–H and O–H groups in total. The van der Waals surface area contributed by atoms with E-state index in [9.17, 15) is 13.2 Å². The Morgan fingerprint density at radius 2 is 1.75 bits per heavy atom. The fourth-order valence-electron chi connectivity index (χ4n) is 3.60. The van der Waals surface area contributed by atoms with Crippen molar-refractivity contribution in [2.45, 2.75) is 17.9 Å². The second kappa shape index (κ2) is 7.83. The third-order valence-electron chi connectivity index (χ3n) is 5.21. The molecule has 0 saturated carbocycles. The van der Waals surface area contributed by atoms with Crippen molar-refractivity contribution in [2.24, 2.45) is 0 Å². The highest BCUT2D eigenvalue weighted by Gasteiger charge is 2.31. The molecule has 148 valence electrons. The molecule has 1 amide bonds. The lowest BCUT2D eigenvalue weighted by molar-refractivity contribution is 0.0697. The lowest BCUT2D eigenvalue weighted by atomic mass is 9.99. The van der Waals surface area contributed by atoms with Gasteiger partial charge in [-0.25, -0.2) is 8.42 Å². The van der Waals surface area contributed by atoms with Gasteiger partial charge in [0.25, 0.3) is 5.91 Å². The van der Waals surface area contributed by atoms with E-state index in [4.69, 9.17) is 16.3 Å². The summed E-state index contributed by atoms with van der Waals surface area (Å²) >= 11 is 6.07. The van der Waals surface area contributed by atoms with Gasteiger partial charge < -0.3 is 9.64 Å². The molecule has 0 atom stereocenters. The number of fused-ring (bicyclic) bond motifs is 1. The summed E-state index contributed by atoms with van der Waals surface area (Å²) in [5, 5.41) is 0.207. The first kappa shape index (κ1) is 19.4. The van der Waals surface area contributed by atoms with Gasteiger partial charge in [0.05, 0.1) is 18.2 Å². The highest BCUT2D eigenvalue weighted by atomic mass is 35.5. The van der Waals surface area contributed by atoms with Crippen LogP contribution in [0.1, 0.15) is 21.5 Å². The van der Waals surface area contributed by atoms with Crippen molar-refractivity contribution in [2.75, 3.05) is 32.8 Å². The van der Waals surface area contributed by atoms with Crippen LogP contribution >= 0.6 is 11.6 Å². The Hall–Kier alpha value is -1.93. The van der Waals surface area contributed by atoms with E-state index < -0.39 is 10.0 Å². The lowest BCUT2D eigenvalue weighted by Crippen LogP contribution is -2.50. The van der Waals surface area contributed by atoms with Crippen LogP contribution in [0.15, 0.2) is 47.4 Å². The predicted molar refractivity (Wildman–Crippen MR) is 106 cm³/mol. The van der Waals surface area contributed by atoms with E-state index in [0.29, 0.717) is 31.9 Å². The van der Waals surface area contributed by atoms with Gasteiger partial charge in [0.1, 0.15) is 4.90 Å². The van der Waals surface area contributed by atoms with E-state index in [1.54, 1.807) is 23.1 Å². The van der Waals surface area contributed by atoms with Gasteiger partial charge in [-0.15, -0.1) is 0 Å². The summed E-state index contributed by atoms with van der Waals surface area (Å²) in [4.78, 5) is 14.7. The van der Waals surface area contributed by atoms with Gasteiger partial charge in [-0.1, -0.05) is 29.8 Å². The maximum Gasteiger partial charge on any atom is 0.253 e. The highest BCUT2D eigenvalue weighted by Crippen LogP contribution is 2.25. The van der Waals surface area contributed by atoms with Crippen molar-refractivity contribution in [3.8, 4) is 0 Å². The monoisotopic (exact) mass is 420 g/mol. The molecule has 6 nitrogen and oxygen atoms in total. The Balaban J connectivity index is 1.45. The lowest BCUT2D eigenvalue weighted by Gasteiger charge is -2.34. The molecule has 8 heteroatoms. The minimum absolute atomic E-state index is 0.0657. The quantitative estimate of drug-likeness (QED) is 0.765. The Kier molecular flexibility index (Phi) is 5.42. The number of piperazine rings is 1. The fourth-order valence-corrected chi connectivity index (χ4v) is 5.52. The van der Waals surface area contributed by atoms with Crippen LogP contribution in [0.2, 0.25) is 5.02 Å². The largest absolute Gasteiger partial charge is 0.376 e. The number of ether oxygens (including phenoxy) is 1. The molecule has 4 rings (SSSR count). The number of rotatable bonds is 3. The normalized spacial score (nSPS) is 18.0. The molecule has 1 fully saturated rings. The number of hydrogen-bond donors (Lipinski definition) is 0. The molecule has 2 aliphatic heterocycles. The van der Waals surface area contributed by atoms with Crippen LogP contribution in [0.5, 0.6) is 0 Å². The minimum Gasteiger partial charge on any atom is -0.376 e. The molecular formula is C20H21ClN2O4S. The first-order valence-electron chi connectivity index (χ1n) is 9.20. The zero-order chi connectivity index (χ0) is 19.7. The van der Waals surface area contributed by atoms with Gasteiger partial charge in [-0.3, -0.25) is 4.79 Å². The molecule has 1 saturated heterocycles. The molecule has 28 heavy (non-hydrogen) atoms. The summed E-state index contributed by atoms with van der Waals surface area (Å²) in [6, 6.07) is 12.1. The predicted octanol–water partition coefficient (Wildman–Crippen LogP) is 2.56. The maximum atomic E-state index is 12.9. The van der Waals surface area contributed by atoms with Crippen LogP contribution in [-0.4, -0.2) is 56.3 Å². The summed E-state index contributed by atoms with van der Waals surface area (Å²) in [7, 11) is -3.67. The number of amides is 1. The first-order chi connectivity index (χ1) is 13.5. The van der Waals surface area contributed by atoms with E-state index in [1.165, 1.54) is 10.4 Å². The average Bonchev–Trinajstić information content (AvgIpc) is 2.73. The number of benzene rings is 2. The summed E-state index contributed by atoms with van der Waals surface area (Å²) in [6.45, 7) is 2.45. The highest BCUT2D eigenvalue weighted by molar-refractivity contribution is 7.89. The van der Waals surface area contributed by atoms with Crippen LogP contribution in [0.4, 0.5) is 0 Å². The summed E-state index contributed by atoms with van der Waals surface area (Å²) in [5.74, 6) is -0.0657. The van der Waals surface area contributed by atoms with Gasteiger partial charge >= 0.3 is 0 Å². The number of halogens is 1. The molecule has 0 radical (unpaired) electrons. The second-order valence-electron chi connectivity index (χ2n) is 6.91. The first-order valence-corrected chi connectivity index (χ1v) is 11.0. The molecule has 0 aromatic heterocycles. The van der Waals surface area contributed by atoms with Gasteiger partial charge in [0.15, 0.2) is 0 Å². The van der Waals surface area contributed by atoms with Crippen LogP contribution in [0, 0.1) is 0 Å². The Bertz CT molecular complexity index is 1000. The van der Waals surface area contributed by atoms with Gasteiger partial charge in [-0.2, -0.15) is 4.31 Å². The van der Waals surface area contributed by atoms with Crippen LogP contribution < -0.4 is 0 Å². The van der Waals surface area contributed by atoms with E-state index in [-0.39, 0.29) is 28.9 Å². The number of nitrogens with zero attached hydrogens (tertiary/aromatic N) is 2. The van der Waals surface area contributed by atoms with E-state index in [2.05, 4.69) is 0 Å². The molecule has 0 spiro atoms. The van der Waals surface area contributed by atoms with Crippen molar-refractivity contribution < 1.29 is 17.9 Å². The van der Waals surface area contributed by atoms with Gasteiger partial charge in [-0.05, 0) is 41.8 Å². The molecule has 0 unspecified atom stereocenters. The standard InChI is InChI=1S/C20H21ClN2O4S/c21-18-3-1-2-4-19(18)28(25,26)23-10-8-22(9-11-23)20(24)16-5-6-17-14-27-12-7-15(17)13-16/h1-6,13H,7-12,14H2. The van der Waals surface area contributed by atoms with Gasteiger partial charge in [0.2, 0.25) is 10.0 Å². The molecule has 2 aromatic rings. The summed E-state index contributed by atoms with van der Waals surface area (Å²) in [6.07, 6.45) is 0.806. The molecule has 2 aliphatic rings. The van der Waals surface area contributed by atoms with Crippen molar-refractivity contribution in [1.29, 1.82) is 0 Å². The van der Waals surface area contributed by atoms with E-state index in [0.717, 1.165) is 17.5 Å². The third-order valence-corrected chi connectivity index (χ3v) is 7.61. The molecule has 0 bridgehead atoms. The number of carbonyl (C=O) groups excluding carboxylic acids is 1. The van der Waals surface area contributed by atoms with Crippen molar-refractivity contribution in [1.82, 2.24) is 9.21 Å². The molecule has 2 aromatic carbocycles. The van der Waals surface area contributed by atoms with Gasteiger partial charge in [0, 0.05) is 31.7 Å². The Labute approximate surface area is 169 Å². The minimum atomic E-state index is -3.67. The maximum absolute atomic E-state index is 12.9. The zero-order valence-corrected chi connectivity index (χ0v) is 16.9. The number of hydrogen-bond acceptors (Lipinski definition) is 4. The molecule has 0 aliphatic carbocycles. The van der Waals surface area contributed by atoms with Crippen LogP contribution in [0.3, 0.4) is 0 Å². The Morgan fingerprint density at radius 3 is 2.50 bits per heavy atom. The summed E-state index contributed by atoms with van der Waals surface area (Å²) < 4.78 is 32.5. The third kappa shape index (κ3) is 3.67. The average molecular weight is 421 g/mol. The topological polar surface area (TPSA) is 66.9 Å². The van der Waals surface area contributed by atoms with Crippen molar-refractivity contribution in [3.05, 3.63) is 64.2 Å². The molecule has 2 heterocycles. The molecular weight excluding hydrogens is 400 g/mol. The van der Waals surface area contributed by atoms with E-state index >= 15 is 0 Å². The van der Waals surface area contributed by atoms with E-state index in [1.807, 2.05) is 18.2 Å². The Morgan fingerprint density at radius 1 is 1.00 bits per heavy atom. The number of carbonyl (C=O) groups is 1. The van der Waals surface area contributed by atoms with Crippen LogP contribution in [-0.2, 0) is 27.8 Å². The second-order valence-corrected chi connectivity index (χ2v) is 9.23. The van der Waals surface area contributed by atoms with Crippen LogP contribution in [0.25, 0.3) is 0 Å². The fraction of sp³-hybridized carbons (Fsp3) is 0.350. The van der Waals surface area contributed by atoms with Crippen molar-refractivity contribution in [3.63, 3.8) is 0 Å². The smallest absolute Gasteiger partial charge is 0.253 e. The zero-order valence-electron chi connectivity index (χ0n) is 15.3. The summed E-state index contributed by atoms with van der Waals surface area (Å²) in [5.41, 5.74) is 2.92. The van der Waals surface area contributed by atoms with Crippen molar-refractivity contribution >= 4 is 27.5 Å².